The van der Waals surface area contributed by atoms with E-state index >= 15 is 0 Å². The fraction of sp³-hybridized carbons (Fsp3) is 0.526. The van der Waals surface area contributed by atoms with Crippen LogP contribution in [-0.2, 0) is 14.9 Å². The molecule has 1 atom stereocenters. The summed E-state index contributed by atoms with van der Waals surface area (Å²) in [5.41, 5.74) is 2.62. The van der Waals surface area contributed by atoms with E-state index in [0.29, 0.717) is 5.91 Å². The van der Waals surface area contributed by atoms with Gasteiger partial charge in [-0.3, -0.25) is 4.79 Å². The molecule has 0 N–H and O–H groups in total. The highest BCUT2D eigenvalue weighted by Crippen LogP contribution is 2.47. The van der Waals surface area contributed by atoms with Crippen LogP contribution in [0.25, 0.3) is 0 Å². The highest BCUT2D eigenvalue weighted by atomic mass is 16.5. The number of anilines is 1. The molecule has 1 fully saturated rings. The number of hydrogen-bond donors (Lipinski definition) is 0. The lowest BCUT2D eigenvalue weighted by atomic mass is 9.76. The molecule has 1 aromatic rings. The second-order valence-corrected chi connectivity index (χ2v) is 6.82. The second kappa shape index (κ2) is 5.54. The van der Waals surface area contributed by atoms with Gasteiger partial charge in [0.1, 0.15) is 0 Å². The zero-order valence-corrected chi connectivity index (χ0v) is 13.0. The first-order chi connectivity index (χ1) is 10.8. The largest absolute Gasteiger partial charge is 0.381 e. The molecule has 1 aromatic carbocycles. The molecule has 2 heterocycles. The van der Waals surface area contributed by atoms with Gasteiger partial charge in [0.25, 0.3) is 0 Å². The zero-order chi connectivity index (χ0) is 15.0. The van der Waals surface area contributed by atoms with Crippen molar-refractivity contribution < 1.29 is 9.53 Å². The lowest BCUT2D eigenvalue weighted by Gasteiger charge is -2.34. The highest BCUT2D eigenvalue weighted by molar-refractivity contribution is 5.98. The molecule has 1 amide bonds. The molecule has 3 heteroatoms. The SMILES string of the molecule is O=C([C@H]1CC=CCC1)N1CC2(CCOCC2)c2ccccc21. The topological polar surface area (TPSA) is 29.5 Å². The molecule has 3 aliphatic rings. The van der Waals surface area contributed by atoms with Crippen LogP contribution >= 0.6 is 0 Å². The summed E-state index contributed by atoms with van der Waals surface area (Å²) in [6.45, 7) is 2.46. The van der Waals surface area contributed by atoms with Crippen LogP contribution in [0, 0.1) is 5.92 Å². The minimum Gasteiger partial charge on any atom is -0.381 e. The molecule has 1 saturated heterocycles. The van der Waals surface area contributed by atoms with Gasteiger partial charge in [-0.05, 0) is 43.7 Å². The van der Waals surface area contributed by atoms with Gasteiger partial charge < -0.3 is 9.64 Å². The molecule has 0 aromatic heterocycles. The van der Waals surface area contributed by atoms with Gasteiger partial charge in [-0.25, -0.2) is 0 Å². The van der Waals surface area contributed by atoms with Crippen molar-refractivity contribution in [3.8, 4) is 0 Å². The van der Waals surface area contributed by atoms with E-state index in [-0.39, 0.29) is 11.3 Å². The quantitative estimate of drug-likeness (QED) is 0.743. The summed E-state index contributed by atoms with van der Waals surface area (Å²) in [6.07, 6.45) is 9.33. The molecular formula is C19H23NO2. The van der Waals surface area contributed by atoms with Gasteiger partial charge in [-0.2, -0.15) is 0 Å². The van der Waals surface area contributed by atoms with Crippen molar-refractivity contribution >= 4 is 11.6 Å². The Morgan fingerprint density at radius 2 is 2.00 bits per heavy atom. The number of rotatable bonds is 1. The average Bonchev–Trinajstić information content (AvgIpc) is 2.90. The van der Waals surface area contributed by atoms with Crippen LogP contribution in [0.2, 0.25) is 0 Å². The molecule has 0 radical (unpaired) electrons. The normalized spacial score (nSPS) is 26.2. The number of para-hydroxylation sites is 1. The van der Waals surface area contributed by atoms with Gasteiger partial charge in [0.2, 0.25) is 5.91 Å². The molecule has 1 aliphatic carbocycles. The number of ether oxygens (including phenoxy) is 1. The van der Waals surface area contributed by atoms with Crippen molar-refractivity contribution in [2.45, 2.75) is 37.5 Å². The molecule has 2 aliphatic heterocycles. The molecule has 0 unspecified atom stereocenters. The van der Waals surface area contributed by atoms with Crippen molar-refractivity contribution in [3.05, 3.63) is 42.0 Å². The maximum absolute atomic E-state index is 13.0. The summed E-state index contributed by atoms with van der Waals surface area (Å²) in [6, 6.07) is 8.50. The number of allylic oxidation sites excluding steroid dienone is 2. The lowest BCUT2D eigenvalue weighted by molar-refractivity contribution is -0.122. The molecule has 3 nitrogen and oxygen atoms in total. The molecule has 4 rings (SSSR count). The van der Waals surface area contributed by atoms with E-state index in [2.05, 4.69) is 41.3 Å². The lowest BCUT2D eigenvalue weighted by Crippen LogP contribution is -2.42. The fourth-order valence-electron chi connectivity index (χ4n) is 4.25. The molecule has 1 spiro atoms. The van der Waals surface area contributed by atoms with Gasteiger partial charge in [0, 0.05) is 36.8 Å². The molecule has 0 saturated carbocycles. The number of benzene rings is 1. The van der Waals surface area contributed by atoms with Gasteiger partial charge in [-0.15, -0.1) is 0 Å². The Morgan fingerprint density at radius 1 is 1.18 bits per heavy atom. The number of amides is 1. The molecule has 0 bridgehead atoms. The molecule has 116 valence electrons. The van der Waals surface area contributed by atoms with Gasteiger partial charge in [-0.1, -0.05) is 30.4 Å². The van der Waals surface area contributed by atoms with Crippen molar-refractivity contribution in [3.63, 3.8) is 0 Å². The Balaban J connectivity index is 1.67. The summed E-state index contributed by atoms with van der Waals surface area (Å²) in [5, 5.41) is 0. The van der Waals surface area contributed by atoms with Crippen LogP contribution in [0.5, 0.6) is 0 Å². The summed E-state index contributed by atoms with van der Waals surface area (Å²) in [5.74, 6) is 0.480. The minimum absolute atomic E-state index is 0.120. The predicted octanol–water partition coefficient (Wildman–Crippen LogP) is 3.44. The molecular weight excluding hydrogens is 274 g/mol. The van der Waals surface area contributed by atoms with Gasteiger partial charge in [0.05, 0.1) is 0 Å². The number of fused-ring (bicyclic) bond motifs is 2. The number of hydrogen-bond acceptors (Lipinski definition) is 2. The maximum Gasteiger partial charge on any atom is 0.230 e. The number of nitrogens with zero attached hydrogens (tertiary/aromatic N) is 1. The standard InChI is InChI=1S/C19H23NO2/c21-18(15-6-2-1-3-7-15)20-14-19(10-12-22-13-11-19)16-8-4-5-9-17(16)20/h1-2,4-5,8-9,15H,3,6-7,10-14H2/t15-/m0/s1. The Hall–Kier alpha value is -1.61. The number of carbonyl (C=O) groups excluding carboxylic acids is 1. The van der Waals surface area contributed by atoms with Crippen LogP contribution in [0.3, 0.4) is 0 Å². The first-order valence-corrected chi connectivity index (χ1v) is 8.44. The maximum atomic E-state index is 13.0. The van der Waals surface area contributed by atoms with Crippen molar-refractivity contribution in [2.24, 2.45) is 5.92 Å². The van der Waals surface area contributed by atoms with E-state index in [1.165, 1.54) is 5.56 Å². The van der Waals surface area contributed by atoms with E-state index in [4.69, 9.17) is 4.74 Å². The monoisotopic (exact) mass is 297 g/mol. The predicted molar refractivity (Wildman–Crippen MR) is 87.0 cm³/mol. The van der Waals surface area contributed by atoms with Crippen LogP contribution in [0.15, 0.2) is 36.4 Å². The van der Waals surface area contributed by atoms with Gasteiger partial charge >= 0.3 is 0 Å². The smallest absolute Gasteiger partial charge is 0.230 e. The highest BCUT2D eigenvalue weighted by Gasteiger charge is 2.46. The third kappa shape index (κ3) is 2.19. The first kappa shape index (κ1) is 14.0. The zero-order valence-electron chi connectivity index (χ0n) is 13.0. The van der Waals surface area contributed by atoms with Gasteiger partial charge in [0.15, 0.2) is 0 Å². The van der Waals surface area contributed by atoms with E-state index < -0.39 is 0 Å². The summed E-state index contributed by atoms with van der Waals surface area (Å²) in [7, 11) is 0. The minimum atomic E-state index is 0.120. The molecule has 22 heavy (non-hydrogen) atoms. The van der Waals surface area contributed by atoms with E-state index in [1.54, 1.807) is 0 Å². The fourth-order valence-corrected chi connectivity index (χ4v) is 4.25. The second-order valence-electron chi connectivity index (χ2n) is 6.82. The van der Waals surface area contributed by atoms with E-state index in [9.17, 15) is 4.79 Å². The Labute approximate surface area is 132 Å². The van der Waals surface area contributed by atoms with E-state index in [1.807, 2.05) is 0 Å². The van der Waals surface area contributed by atoms with Crippen LogP contribution < -0.4 is 4.90 Å². The summed E-state index contributed by atoms with van der Waals surface area (Å²) < 4.78 is 5.57. The summed E-state index contributed by atoms with van der Waals surface area (Å²) in [4.78, 5) is 15.1. The third-order valence-corrected chi connectivity index (χ3v) is 5.56. The van der Waals surface area contributed by atoms with Crippen molar-refractivity contribution in [1.82, 2.24) is 0 Å². The van der Waals surface area contributed by atoms with Crippen LogP contribution in [-0.4, -0.2) is 25.7 Å². The first-order valence-electron chi connectivity index (χ1n) is 8.44. The average molecular weight is 297 g/mol. The van der Waals surface area contributed by atoms with Crippen LogP contribution in [0.1, 0.15) is 37.7 Å². The Bertz CT molecular complexity index is 601. The van der Waals surface area contributed by atoms with Crippen molar-refractivity contribution in [2.75, 3.05) is 24.7 Å². The van der Waals surface area contributed by atoms with E-state index in [0.717, 1.165) is 57.6 Å². The third-order valence-electron chi connectivity index (χ3n) is 5.56. The summed E-state index contributed by atoms with van der Waals surface area (Å²) >= 11 is 0. The number of carbonyl (C=O) groups is 1. The van der Waals surface area contributed by atoms with Crippen molar-refractivity contribution in [1.29, 1.82) is 0 Å². The Morgan fingerprint density at radius 3 is 2.77 bits per heavy atom. The Kier molecular flexibility index (Phi) is 3.53. The van der Waals surface area contributed by atoms with Crippen LogP contribution in [0.4, 0.5) is 5.69 Å².